The van der Waals surface area contributed by atoms with Gasteiger partial charge in [-0.3, -0.25) is 10.1 Å². The first-order valence-electron chi connectivity index (χ1n) is 6.00. The zero-order valence-corrected chi connectivity index (χ0v) is 11.2. The Morgan fingerprint density at radius 3 is 2.57 bits per heavy atom. The number of anilines is 2. The van der Waals surface area contributed by atoms with Gasteiger partial charge in [0.1, 0.15) is 17.6 Å². The minimum absolute atomic E-state index is 0.0521. The molecule has 0 saturated carbocycles. The van der Waals surface area contributed by atoms with E-state index in [1.165, 1.54) is 6.07 Å². The van der Waals surface area contributed by atoms with Crippen molar-refractivity contribution in [3.63, 3.8) is 0 Å². The molecule has 2 N–H and O–H groups in total. The molecule has 0 atom stereocenters. The Hall–Kier alpha value is -3.17. The summed E-state index contributed by atoms with van der Waals surface area (Å²) >= 11 is 0. The lowest BCUT2D eigenvalue weighted by molar-refractivity contribution is -0.385. The number of aromatic carboxylic acids is 1. The van der Waals surface area contributed by atoms with Crippen LogP contribution in [0.15, 0.2) is 36.5 Å². The number of carboxylic acid groups (broad SMARTS) is 1. The van der Waals surface area contributed by atoms with Gasteiger partial charge in [-0.05, 0) is 18.2 Å². The van der Waals surface area contributed by atoms with Crippen molar-refractivity contribution in [2.24, 2.45) is 0 Å². The van der Waals surface area contributed by atoms with Crippen LogP contribution in [0.25, 0.3) is 0 Å². The largest absolute Gasteiger partial charge is 0.478 e. The Bertz CT molecular complexity index is 777. The molecule has 0 bridgehead atoms. The van der Waals surface area contributed by atoms with Crippen LogP contribution < -0.4 is 5.32 Å². The molecule has 1 aromatic carbocycles. The molecule has 0 aliphatic rings. The first-order valence-corrected chi connectivity index (χ1v) is 6.00. The molecule has 0 aliphatic heterocycles. The van der Waals surface area contributed by atoms with Gasteiger partial charge in [0.2, 0.25) is 0 Å². The fourth-order valence-corrected chi connectivity index (χ4v) is 1.73. The molecule has 0 aliphatic carbocycles. The third kappa shape index (κ3) is 3.73. The third-order valence-electron chi connectivity index (χ3n) is 2.77. The van der Waals surface area contributed by atoms with E-state index in [1.807, 2.05) is 0 Å². The number of hydrogen-bond donors (Lipinski definition) is 2. The normalized spacial score (nSPS) is 11.1. The first-order chi connectivity index (χ1) is 10.7. The Morgan fingerprint density at radius 2 is 2.00 bits per heavy atom. The van der Waals surface area contributed by atoms with Crippen molar-refractivity contribution in [2.75, 3.05) is 5.32 Å². The highest BCUT2D eigenvalue weighted by Gasteiger charge is 2.30. The second-order valence-corrected chi connectivity index (χ2v) is 4.36. The molecular weight excluding hydrogens is 319 g/mol. The zero-order chi connectivity index (χ0) is 17.2. The van der Waals surface area contributed by atoms with Crippen molar-refractivity contribution in [1.82, 2.24) is 4.98 Å². The summed E-state index contributed by atoms with van der Waals surface area (Å²) in [5, 5.41) is 22.1. The Balaban J connectivity index is 2.40. The zero-order valence-electron chi connectivity index (χ0n) is 11.2. The highest BCUT2D eigenvalue weighted by Crippen LogP contribution is 2.31. The molecule has 0 unspecified atom stereocenters. The van der Waals surface area contributed by atoms with Crippen LogP contribution in [-0.2, 0) is 6.18 Å². The van der Waals surface area contributed by atoms with Crippen molar-refractivity contribution < 1.29 is 28.0 Å². The minimum atomic E-state index is -4.56. The molecular formula is C13H8F3N3O4. The highest BCUT2D eigenvalue weighted by atomic mass is 19.4. The highest BCUT2D eigenvalue weighted by molar-refractivity contribution is 5.94. The number of carboxylic acids is 1. The van der Waals surface area contributed by atoms with Crippen molar-refractivity contribution in [1.29, 1.82) is 0 Å². The van der Waals surface area contributed by atoms with Crippen LogP contribution in [0.2, 0.25) is 0 Å². The molecule has 23 heavy (non-hydrogen) atoms. The lowest BCUT2D eigenvalue weighted by Crippen LogP contribution is -2.08. The number of aromatic nitrogens is 1. The summed E-state index contributed by atoms with van der Waals surface area (Å²) in [5.41, 5.74) is -2.06. The Kier molecular flexibility index (Phi) is 4.16. The summed E-state index contributed by atoms with van der Waals surface area (Å²) < 4.78 is 37.9. The van der Waals surface area contributed by atoms with E-state index in [1.54, 1.807) is 0 Å². The molecule has 0 amide bonds. The van der Waals surface area contributed by atoms with E-state index in [9.17, 15) is 28.1 Å². The number of nitrogens with one attached hydrogen (secondary N) is 1. The van der Waals surface area contributed by atoms with Gasteiger partial charge in [-0.15, -0.1) is 0 Å². The first kappa shape index (κ1) is 16.2. The van der Waals surface area contributed by atoms with E-state index in [0.29, 0.717) is 0 Å². The Morgan fingerprint density at radius 1 is 1.30 bits per heavy atom. The quantitative estimate of drug-likeness (QED) is 0.658. The number of pyridine rings is 1. The molecule has 2 aromatic rings. The maximum atomic E-state index is 12.6. The van der Waals surface area contributed by atoms with Crippen LogP contribution in [0.1, 0.15) is 15.9 Å². The average molecular weight is 327 g/mol. The molecule has 120 valence electrons. The van der Waals surface area contributed by atoms with E-state index >= 15 is 0 Å². The maximum absolute atomic E-state index is 12.6. The molecule has 2 rings (SSSR count). The monoisotopic (exact) mass is 327 g/mol. The molecule has 0 spiro atoms. The molecule has 0 radical (unpaired) electrons. The molecule has 1 heterocycles. The third-order valence-corrected chi connectivity index (χ3v) is 2.77. The summed E-state index contributed by atoms with van der Waals surface area (Å²) in [5.74, 6) is -1.81. The standard InChI is InChI=1S/C13H8F3N3O4/c14-13(15,16)7-2-1-3-8(4-7)18-11-10(12(20)21)5-9(6-17-11)19(22)23/h1-6H,(H,17,18)(H,20,21). The van der Waals surface area contributed by atoms with E-state index in [0.717, 1.165) is 30.5 Å². The van der Waals surface area contributed by atoms with Gasteiger partial charge in [0.15, 0.2) is 0 Å². The van der Waals surface area contributed by atoms with Gasteiger partial charge >= 0.3 is 12.1 Å². The fourth-order valence-electron chi connectivity index (χ4n) is 1.73. The van der Waals surface area contributed by atoms with Gasteiger partial charge in [0, 0.05) is 11.8 Å². The molecule has 10 heteroatoms. The van der Waals surface area contributed by atoms with Gasteiger partial charge < -0.3 is 10.4 Å². The summed E-state index contributed by atoms with van der Waals surface area (Å²) in [7, 11) is 0. The topological polar surface area (TPSA) is 105 Å². The van der Waals surface area contributed by atoms with Crippen LogP contribution in [0.3, 0.4) is 0 Å². The van der Waals surface area contributed by atoms with Crippen molar-refractivity contribution in [2.45, 2.75) is 6.18 Å². The predicted octanol–water partition coefficient (Wildman–Crippen LogP) is 3.45. The summed E-state index contributed by atoms with van der Waals surface area (Å²) in [6.07, 6.45) is -3.75. The van der Waals surface area contributed by atoms with Crippen molar-refractivity contribution in [3.05, 3.63) is 57.8 Å². The van der Waals surface area contributed by atoms with Crippen LogP contribution in [0.5, 0.6) is 0 Å². The number of carbonyl (C=O) groups is 1. The summed E-state index contributed by atoms with van der Waals surface area (Å²) in [4.78, 5) is 24.5. The van der Waals surface area contributed by atoms with Gasteiger partial charge in [0.25, 0.3) is 5.69 Å². The average Bonchev–Trinajstić information content (AvgIpc) is 2.46. The minimum Gasteiger partial charge on any atom is -0.478 e. The maximum Gasteiger partial charge on any atom is 0.416 e. The molecule has 7 nitrogen and oxygen atoms in total. The lowest BCUT2D eigenvalue weighted by Gasteiger charge is -2.11. The fraction of sp³-hybridized carbons (Fsp3) is 0.0769. The smallest absolute Gasteiger partial charge is 0.416 e. The number of rotatable bonds is 4. The molecule has 0 saturated heterocycles. The number of nitrogens with zero attached hydrogens (tertiary/aromatic N) is 2. The van der Waals surface area contributed by atoms with E-state index in [2.05, 4.69) is 10.3 Å². The summed E-state index contributed by atoms with van der Waals surface area (Å²) in [6, 6.07) is 4.81. The van der Waals surface area contributed by atoms with Gasteiger partial charge in [-0.2, -0.15) is 13.2 Å². The number of halogens is 3. The van der Waals surface area contributed by atoms with Gasteiger partial charge in [-0.25, -0.2) is 9.78 Å². The molecule has 1 aromatic heterocycles. The van der Waals surface area contributed by atoms with Gasteiger partial charge in [0.05, 0.1) is 10.5 Å². The van der Waals surface area contributed by atoms with Crippen LogP contribution in [0, 0.1) is 10.1 Å². The Labute approximate surface area is 126 Å². The van der Waals surface area contributed by atoms with E-state index in [4.69, 9.17) is 5.11 Å². The number of benzene rings is 1. The number of nitro groups is 1. The van der Waals surface area contributed by atoms with E-state index < -0.39 is 33.9 Å². The van der Waals surface area contributed by atoms with Crippen molar-refractivity contribution >= 4 is 23.2 Å². The summed E-state index contributed by atoms with van der Waals surface area (Å²) in [6.45, 7) is 0. The van der Waals surface area contributed by atoms with Crippen molar-refractivity contribution in [3.8, 4) is 0 Å². The second-order valence-electron chi connectivity index (χ2n) is 4.36. The van der Waals surface area contributed by atoms with Crippen LogP contribution >= 0.6 is 0 Å². The second kappa shape index (κ2) is 5.91. The van der Waals surface area contributed by atoms with E-state index in [-0.39, 0.29) is 11.5 Å². The predicted molar refractivity (Wildman–Crippen MR) is 72.6 cm³/mol. The van der Waals surface area contributed by atoms with Crippen LogP contribution in [-0.4, -0.2) is 21.0 Å². The van der Waals surface area contributed by atoms with Gasteiger partial charge in [-0.1, -0.05) is 6.07 Å². The SMILES string of the molecule is O=C(O)c1cc([N+](=O)[O-])cnc1Nc1cccc(C(F)(F)F)c1. The molecule has 0 fully saturated rings. The number of alkyl halides is 3. The number of hydrogen-bond acceptors (Lipinski definition) is 5. The van der Waals surface area contributed by atoms with Crippen LogP contribution in [0.4, 0.5) is 30.4 Å². The lowest BCUT2D eigenvalue weighted by atomic mass is 10.2.